The topological polar surface area (TPSA) is 66.8 Å². The van der Waals surface area contributed by atoms with Crippen molar-refractivity contribution in [3.8, 4) is 5.75 Å². The van der Waals surface area contributed by atoms with E-state index in [1.807, 2.05) is 29.6 Å². The Balaban J connectivity index is 1.86. The summed E-state index contributed by atoms with van der Waals surface area (Å²) in [6, 6.07) is 11.2. The molecule has 0 saturated heterocycles. The predicted molar refractivity (Wildman–Crippen MR) is 92.4 cm³/mol. The SMILES string of the molecule is COc1ccc(N(Cc2cccs2)C(=O)C2CCC2C(=O)O)cc1. The molecule has 126 valence electrons. The lowest BCUT2D eigenvalue weighted by Gasteiger charge is -2.36. The quantitative estimate of drug-likeness (QED) is 0.871. The van der Waals surface area contributed by atoms with Crippen LogP contribution in [0, 0.1) is 11.8 Å². The van der Waals surface area contributed by atoms with Crippen molar-refractivity contribution in [1.82, 2.24) is 0 Å². The smallest absolute Gasteiger partial charge is 0.307 e. The highest BCUT2D eigenvalue weighted by Crippen LogP contribution is 2.37. The van der Waals surface area contributed by atoms with Crippen molar-refractivity contribution in [3.05, 3.63) is 46.7 Å². The fourth-order valence-electron chi connectivity index (χ4n) is 2.91. The van der Waals surface area contributed by atoms with Gasteiger partial charge in [0.2, 0.25) is 5.91 Å². The maximum atomic E-state index is 13.0. The van der Waals surface area contributed by atoms with Crippen LogP contribution in [-0.2, 0) is 16.1 Å². The van der Waals surface area contributed by atoms with Gasteiger partial charge in [-0.1, -0.05) is 6.07 Å². The molecular weight excluding hydrogens is 326 g/mol. The third-order valence-corrected chi connectivity index (χ3v) is 5.31. The van der Waals surface area contributed by atoms with Gasteiger partial charge in [-0.25, -0.2) is 0 Å². The molecule has 1 aliphatic rings. The van der Waals surface area contributed by atoms with Crippen molar-refractivity contribution in [2.45, 2.75) is 19.4 Å². The van der Waals surface area contributed by atoms with Crippen LogP contribution in [0.2, 0.25) is 0 Å². The monoisotopic (exact) mass is 345 g/mol. The van der Waals surface area contributed by atoms with Gasteiger partial charge >= 0.3 is 5.97 Å². The molecule has 6 heteroatoms. The molecule has 1 aromatic heterocycles. The number of carboxylic acid groups (broad SMARTS) is 1. The Bertz CT molecular complexity index is 711. The van der Waals surface area contributed by atoms with Crippen LogP contribution >= 0.6 is 11.3 Å². The summed E-state index contributed by atoms with van der Waals surface area (Å²) in [5, 5.41) is 11.2. The second-order valence-corrected chi connectivity index (χ2v) is 6.86. The summed E-state index contributed by atoms with van der Waals surface area (Å²) in [5.74, 6) is -1.29. The number of carbonyl (C=O) groups is 2. The van der Waals surface area contributed by atoms with Crippen molar-refractivity contribution in [3.63, 3.8) is 0 Å². The summed E-state index contributed by atoms with van der Waals surface area (Å²) >= 11 is 1.58. The molecule has 2 aromatic rings. The molecule has 0 bridgehead atoms. The number of benzene rings is 1. The number of hydrogen-bond acceptors (Lipinski definition) is 4. The standard InChI is InChI=1S/C18H19NO4S/c1-23-13-6-4-12(5-7-13)19(11-14-3-2-10-24-14)17(20)15-8-9-16(15)18(21)22/h2-7,10,15-16H,8-9,11H2,1H3,(H,21,22). The Morgan fingerprint density at radius 3 is 2.42 bits per heavy atom. The van der Waals surface area contributed by atoms with Crippen LogP contribution in [0.15, 0.2) is 41.8 Å². The lowest BCUT2D eigenvalue weighted by molar-refractivity contribution is -0.152. The Morgan fingerprint density at radius 1 is 1.21 bits per heavy atom. The summed E-state index contributed by atoms with van der Waals surface area (Å²) in [4.78, 5) is 27.0. The van der Waals surface area contributed by atoms with Crippen LogP contribution in [0.1, 0.15) is 17.7 Å². The van der Waals surface area contributed by atoms with E-state index in [9.17, 15) is 14.7 Å². The number of anilines is 1. The second-order valence-electron chi connectivity index (χ2n) is 5.83. The fourth-order valence-corrected chi connectivity index (χ4v) is 3.60. The third kappa shape index (κ3) is 3.28. The molecule has 1 heterocycles. The van der Waals surface area contributed by atoms with Crippen LogP contribution in [-0.4, -0.2) is 24.1 Å². The number of thiophene rings is 1. The maximum absolute atomic E-state index is 13.0. The number of ether oxygens (including phenoxy) is 1. The van der Waals surface area contributed by atoms with Gasteiger partial charge in [-0.3, -0.25) is 9.59 Å². The number of methoxy groups -OCH3 is 1. The second kappa shape index (κ2) is 7.05. The predicted octanol–water partition coefficient (Wildman–Crippen LogP) is 3.40. The van der Waals surface area contributed by atoms with Gasteiger partial charge in [0.25, 0.3) is 0 Å². The first kappa shape index (κ1) is 16.5. The van der Waals surface area contributed by atoms with Gasteiger partial charge in [0.05, 0.1) is 25.5 Å². The molecule has 24 heavy (non-hydrogen) atoms. The summed E-state index contributed by atoms with van der Waals surface area (Å²) < 4.78 is 5.16. The normalized spacial score (nSPS) is 19.4. The minimum atomic E-state index is -0.884. The fraction of sp³-hybridized carbons (Fsp3) is 0.333. The van der Waals surface area contributed by atoms with E-state index in [2.05, 4.69) is 0 Å². The zero-order valence-corrected chi connectivity index (χ0v) is 14.2. The van der Waals surface area contributed by atoms with E-state index in [0.29, 0.717) is 25.1 Å². The highest BCUT2D eigenvalue weighted by molar-refractivity contribution is 7.09. The number of carbonyl (C=O) groups excluding carboxylic acids is 1. The highest BCUT2D eigenvalue weighted by Gasteiger charge is 2.43. The number of hydrogen-bond donors (Lipinski definition) is 1. The molecule has 0 aliphatic heterocycles. The Labute approximate surface area is 144 Å². The maximum Gasteiger partial charge on any atom is 0.307 e. The van der Waals surface area contributed by atoms with E-state index in [1.165, 1.54) is 0 Å². The number of rotatable bonds is 6. The van der Waals surface area contributed by atoms with E-state index in [0.717, 1.165) is 10.6 Å². The summed E-state index contributed by atoms with van der Waals surface area (Å²) in [6.45, 7) is 0.450. The Kier molecular flexibility index (Phi) is 4.85. The third-order valence-electron chi connectivity index (χ3n) is 4.45. The molecule has 1 aliphatic carbocycles. The molecule has 2 atom stereocenters. The average Bonchev–Trinajstić information content (AvgIpc) is 3.04. The molecule has 1 N–H and O–H groups in total. The largest absolute Gasteiger partial charge is 0.497 e. The first-order valence-electron chi connectivity index (χ1n) is 7.80. The van der Waals surface area contributed by atoms with Crippen LogP contribution in [0.4, 0.5) is 5.69 Å². The summed E-state index contributed by atoms with van der Waals surface area (Å²) in [6.07, 6.45) is 1.20. The molecule has 5 nitrogen and oxygen atoms in total. The number of nitrogens with zero attached hydrogens (tertiary/aromatic N) is 1. The van der Waals surface area contributed by atoms with Crippen molar-refractivity contribution >= 4 is 28.9 Å². The van der Waals surface area contributed by atoms with Crippen LogP contribution in [0.3, 0.4) is 0 Å². The van der Waals surface area contributed by atoms with Gasteiger partial charge in [0.1, 0.15) is 5.75 Å². The molecule has 0 radical (unpaired) electrons. The van der Waals surface area contributed by atoms with Gasteiger partial charge < -0.3 is 14.7 Å². The lowest BCUT2D eigenvalue weighted by Crippen LogP contribution is -2.46. The molecule has 1 amide bonds. The van der Waals surface area contributed by atoms with Gasteiger partial charge in [-0.15, -0.1) is 11.3 Å². The van der Waals surface area contributed by atoms with E-state index >= 15 is 0 Å². The van der Waals surface area contributed by atoms with Crippen LogP contribution in [0.5, 0.6) is 5.75 Å². The highest BCUT2D eigenvalue weighted by atomic mass is 32.1. The molecular formula is C18H19NO4S. The molecule has 1 aromatic carbocycles. The van der Waals surface area contributed by atoms with E-state index in [-0.39, 0.29) is 5.91 Å². The average molecular weight is 345 g/mol. The zero-order chi connectivity index (χ0) is 17.1. The minimum Gasteiger partial charge on any atom is -0.497 e. The van der Waals surface area contributed by atoms with Crippen LogP contribution < -0.4 is 9.64 Å². The Hall–Kier alpha value is -2.34. The first-order chi connectivity index (χ1) is 11.6. The van der Waals surface area contributed by atoms with Crippen molar-refractivity contribution in [1.29, 1.82) is 0 Å². The molecule has 1 saturated carbocycles. The van der Waals surface area contributed by atoms with Crippen molar-refractivity contribution in [2.24, 2.45) is 11.8 Å². The Morgan fingerprint density at radius 2 is 1.92 bits per heavy atom. The lowest BCUT2D eigenvalue weighted by atomic mass is 9.73. The van der Waals surface area contributed by atoms with Crippen molar-refractivity contribution < 1.29 is 19.4 Å². The van der Waals surface area contributed by atoms with Crippen LogP contribution in [0.25, 0.3) is 0 Å². The minimum absolute atomic E-state index is 0.118. The van der Waals surface area contributed by atoms with E-state index < -0.39 is 17.8 Å². The molecule has 0 spiro atoms. The van der Waals surface area contributed by atoms with Gasteiger partial charge in [0, 0.05) is 10.6 Å². The number of carboxylic acids is 1. The first-order valence-corrected chi connectivity index (χ1v) is 8.68. The van der Waals surface area contributed by atoms with Gasteiger partial charge in [0.15, 0.2) is 0 Å². The van der Waals surface area contributed by atoms with E-state index in [4.69, 9.17) is 4.74 Å². The summed E-state index contributed by atoms with van der Waals surface area (Å²) in [5.41, 5.74) is 0.755. The molecule has 1 fully saturated rings. The molecule has 3 rings (SSSR count). The molecule has 2 unspecified atom stereocenters. The number of amides is 1. The van der Waals surface area contributed by atoms with Gasteiger partial charge in [-0.2, -0.15) is 0 Å². The van der Waals surface area contributed by atoms with E-state index in [1.54, 1.807) is 35.5 Å². The number of aliphatic carboxylic acids is 1. The zero-order valence-electron chi connectivity index (χ0n) is 13.3. The summed E-state index contributed by atoms with van der Waals surface area (Å²) in [7, 11) is 1.59. The van der Waals surface area contributed by atoms with Gasteiger partial charge in [-0.05, 0) is 48.6 Å². The van der Waals surface area contributed by atoms with Crippen molar-refractivity contribution in [2.75, 3.05) is 12.0 Å².